The molecule has 2 aromatic heterocycles. The third kappa shape index (κ3) is 4.26. The predicted octanol–water partition coefficient (Wildman–Crippen LogP) is 2.16. The smallest absolute Gasteiger partial charge is 0.267 e. The summed E-state index contributed by atoms with van der Waals surface area (Å²) in [4.78, 5) is 25.2. The zero-order chi connectivity index (χ0) is 25.3. The molecule has 0 aliphatic heterocycles. The summed E-state index contributed by atoms with van der Waals surface area (Å²) in [5, 5.41) is 21.2. The summed E-state index contributed by atoms with van der Waals surface area (Å²) in [6.45, 7) is -0.0279. The number of nitriles is 2. The lowest BCUT2D eigenvalue weighted by Crippen LogP contribution is -2.26. The number of hydrogen-bond donors (Lipinski definition) is 3. The van der Waals surface area contributed by atoms with Gasteiger partial charge in [-0.25, -0.2) is 18.2 Å². The normalized spacial score (nSPS) is 10.7. The van der Waals surface area contributed by atoms with E-state index in [1.54, 1.807) is 6.07 Å². The first-order chi connectivity index (χ1) is 16.7. The zero-order valence-electron chi connectivity index (χ0n) is 17.7. The molecule has 35 heavy (non-hydrogen) atoms. The molecule has 5 N–H and O–H groups in total. The van der Waals surface area contributed by atoms with E-state index in [1.165, 1.54) is 0 Å². The minimum atomic E-state index is -0.957. The number of nitrogens with zero attached hydrogens (tertiary/aromatic N) is 6. The molecule has 0 spiro atoms. The van der Waals surface area contributed by atoms with Gasteiger partial charge in [0.1, 0.15) is 52.3 Å². The molecule has 10 nitrogen and oxygen atoms in total. The van der Waals surface area contributed by atoms with Gasteiger partial charge in [0, 0.05) is 19.0 Å². The molecule has 2 aromatic carbocycles. The van der Waals surface area contributed by atoms with E-state index in [0.717, 1.165) is 28.8 Å². The average Bonchev–Trinajstić information content (AvgIpc) is 2.79. The molecule has 0 fully saturated rings. The van der Waals surface area contributed by atoms with Crippen molar-refractivity contribution in [2.45, 2.75) is 6.42 Å². The van der Waals surface area contributed by atoms with Gasteiger partial charge in [-0.1, -0.05) is 0 Å². The van der Waals surface area contributed by atoms with E-state index < -0.39 is 23.0 Å². The van der Waals surface area contributed by atoms with Crippen LogP contribution < -0.4 is 22.3 Å². The Bertz CT molecular complexity index is 1620. The molecule has 0 saturated heterocycles. The molecule has 2 heterocycles. The highest BCUT2D eigenvalue weighted by Gasteiger charge is 2.19. The van der Waals surface area contributed by atoms with Gasteiger partial charge in [-0.2, -0.15) is 20.5 Å². The Morgan fingerprint density at radius 1 is 1.00 bits per heavy atom. The fraction of sp³-hybridized carbons (Fsp3) is 0.0909. The topological polar surface area (TPSA) is 172 Å². The van der Waals surface area contributed by atoms with Crippen LogP contribution in [0.1, 0.15) is 17.0 Å². The van der Waals surface area contributed by atoms with Crippen molar-refractivity contribution in [1.82, 2.24) is 19.5 Å². The maximum absolute atomic E-state index is 14.6. The largest absolute Gasteiger partial charge is 0.382 e. The molecule has 4 aromatic rings. The highest BCUT2D eigenvalue weighted by molar-refractivity contribution is 5.84. The van der Waals surface area contributed by atoms with Crippen LogP contribution in [0, 0.1) is 40.1 Å². The van der Waals surface area contributed by atoms with Crippen molar-refractivity contribution in [3.63, 3.8) is 0 Å². The molecule has 4 rings (SSSR count). The highest BCUT2D eigenvalue weighted by atomic mass is 19.1. The maximum Gasteiger partial charge on any atom is 0.267 e. The van der Waals surface area contributed by atoms with E-state index in [0.29, 0.717) is 6.07 Å². The molecule has 0 aliphatic carbocycles. The first-order valence-electron chi connectivity index (χ1n) is 9.91. The van der Waals surface area contributed by atoms with E-state index in [9.17, 15) is 28.5 Å². The van der Waals surface area contributed by atoms with Crippen LogP contribution in [0.25, 0.3) is 16.6 Å². The van der Waals surface area contributed by atoms with Crippen molar-refractivity contribution in [2.75, 3.05) is 23.3 Å². The third-order valence-electron chi connectivity index (χ3n) is 4.98. The van der Waals surface area contributed by atoms with Crippen LogP contribution in [0.15, 0.2) is 35.1 Å². The van der Waals surface area contributed by atoms with Gasteiger partial charge in [-0.05, 0) is 24.3 Å². The van der Waals surface area contributed by atoms with Gasteiger partial charge in [-0.15, -0.1) is 0 Å². The molecule has 0 amide bonds. The molecular weight excluding hydrogens is 463 g/mol. The van der Waals surface area contributed by atoms with Crippen molar-refractivity contribution < 1.29 is 13.2 Å². The lowest BCUT2D eigenvalue weighted by molar-refractivity contribution is 0.580. The number of benzene rings is 2. The molecule has 0 saturated carbocycles. The molecule has 174 valence electrons. The second-order valence-electron chi connectivity index (χ2n) is 7.21. The summed E-state index contributed by atoms with van der Waals surface area (Å²) in [5.41, 5.74) is 9.56. The summed E-state index contributed by atoms with van der Waals surface area (Å²) in [7, 11) is 0. The lowest BCUT2D eigenvalue weighted by atomic mass is 10.1. The summed E-state index contributed by atoms with van der Waals surface area (Å²) in [5.74, 6) is -3.17. The number of fused-ring (bicyclic) bond motifs is 1. The van der Waals surface area contributed by atoms with E-state index in [-0.39, 0.29) is 64.1 Å². The Balaban J connectivity index is 1.86. The van der Waals surface area contributed by atoms with Gasteiger partial charge in [0.15, 0.2) is 5.82 Å². The third-order valence-corrected chi connectivity index (χ3v) is 4.98. The van der Waals surface area contributed by atoms with Gasteiger partial charge >= 0.3 is 0 Å². The number of nitrogens with two attached hydrogens (primary N) is 2. The van der Waals surface area contributed by atoms with Crippen LogP contribution >= 0.6 is 0 Å². The highest BCUT2D eigenvalue weighted by Crippen LogP contribution is 2.22. The van der Waals surface area contributed by atoms with Gasteiger partial charge in [-0.3, -0.25) is 9.36 Å². The quantitative estimate of drug-likeness (QED) is 0.389. The number of nitrogens with one attached hydrogen (secondary N) is 1. The number of hydrogen-bond acceptors (Lipinski definition) is 9. The van der Waals surface area contributed by atoms with Crippen LogP contribution in [-0.2, 0) is 6.42 Å². The van der Waals surface area contributed by atoms with E-state index >= 15 is 0 Å². The lowest BCUT2D eigenvalue weighted by Gasteiger charge is -2.15. The second kappa shape index (κ2) is 8.99. The van der Waals surface area contributed by atoms with Gasteiger partial charge in [0.25, 0.3) is 5.56 Å². The summed E-state index contributed by atoms with van der Waals surface area (Å²) in [6, 6.07) is 8.18. The number of rotatable bonds is 5. The van der Waals surface area contributed by atoms with E-state index in [4.69, 9.17) is 11.5 Å². The first-order valence-corrected chi connectivity index (χ1v) is 9.91. The van der Waals surface area contributed by atoms with Crippen molar-refractivity contribution in [2.24, 2.45) is 0 Å². The molecule has 13 heteroatoms. The summed E-state index contributed by atoms with van der Waals surface area (Å²) >= 11 is 0. The predicted molar refractivity (Wildman–Crippen MR) is 120 cm³/mol. The van der Waals surface area contributed by atoms with E-state index in [2.05, 4.69) is 20.3 Å². The Labute approximate surface area is 194 Å². The monoisotopic (exact) mass is 477 g/mol. The minimum absolute atomic E-state index is 0.0157. The Hall–Kier alpha value is -5.17. The second-order valence-corrected chi connectivity index (χ2v) is 7.21. The average molecular weight is 477 g/mol. The maximum atomic E-state index is 14.6. The fourth-order valence-electron chi connectivity index (χ4n) is 3.52. The van der Waals surface area contributed by atoms with Crippen molar-refractivity contribution in [3.05, 3.63) is 75.1 Å². The van der Waals surface area contributed by atoms with Crippen LogP contribution in [0.3, 0.4) is 0 Å². The number of nitrogen functional groups attached to an aromatic ring is 2. The number of halogens is 3. The zero-order valence-corrected chi connectivity index (χ0v) is 17.7. The standard InChI is InChI=1S/C22H14F3N9O/c23-11-5-12(24)7-13(6-11)34-16(3-4-30-20-14(9-27)19(28)32-22(29)33-20)31-18-15(25)2-1-10(8-26)17(18)21(34)35/h1-2,5-7H,3-4H2,(H5,28,29,30,32,33). The Kier molecular flexibility index (Phi) is 5.91. The van der Waals surface area contributed by atoms with Gasteiger partial charge in [0.05, 0.1) is 16.6 Å². The van der Waals surface area contributed by atoms with Crippen LogP contribution in [0.5, 0.6) is 0 Å². The summed E-state index contributed by atoms with van der Waals surface area (Å²) in [6.07, 6.45) is -0.103. The fourth-order valence-corrected chi connectivity index (χ4v) is 3.52. The minimum Gasteiger partial charge on any atom is -0.382 e. The SMILES string of the molecule is N#Cc1c(N)nc(N)nc1NCCc1nc2c(F)ccc(C#N)c2c(=O)n1-c1cc(F)cc(F)c1. The van der Waals surface area contributed by atoms with Crippen molar-refractivity contribution >= 4 is 28.5 Å². The molecule has 0 radical (unpaired) electrons. The molecule has 0 atom stereocenters. The van der Waals surface area contributed by atoms with Crippen molar-refractivity contribution in [3.8, 4) is 17.8 Å². The number of anilines is 3. The number of aromatic nitrogens is 4. The van der Waals surface area contributed by atoms with E-state index in [1.807, 2.05) is 6.07 Å². The van der Waals surface area contributed by atoms with Gasteiger partial charge < -0.3 is 16.8 Å². The molecule has 0 aliphatic rings. The van der Waals surface area contributed by atoms with Crippen LogP contribution in [-0.4, -0.2) is 26.1 Å². The Morgan fingerprint density at radius 2 is 1.71 bits per heavy atom. The summed E-state index contributed by atoms with van der Waals surface area (Å²) < 4.78 is 43.4. The Morgan fingerprint density at radius 3 is 2.37 bits per heavy atom. The molecule has 0 unspecified atom stereocenters. The first kappa shape index (κ1) is 23.0. The van der Waals surface area contributed by atoms with Crippen LogP contribution in [0.4, 0.5) is 30.8 Å². The van der Waals surface area contributed by atoms with Gasteiger partial charge in [0.2, 0.25) is 5.95 Å². The van der Waals surface area contributed by atoms with Crippen LogP contribution in [0.2, 0.25) is 0 Å². The molecular formula is C22H14F3N9O. The molecule has 0 bridgehead atoms. The van der Waals surface area contributed by atoms with Crippen molar-refractivity contribution in [1.29, 1.82) is 10.5 Å².